The van der Waals surface area contributed by atoms with Gasteiger partial charge in [0.15, 0.2) is 0 Å². The molecule has 1 aliphatic heterocycles. The molecule has 0 aromatic heterocycles. The lowest BCUT2D eigenvalue weighted by molar-refractivity contribution is -0.134. The summed E-state index contributed by atoms with van der Waals surface area (Å²) in [6.07, 6.45) is 0.773. The van der Waals surface area contributed by atoms with Crippen molar-refractivity contribution in [1.82, 2.24) is 0 Å². The van der Waals surface area contributed by atoms with Gasteiger partial charge in [-0.1, -0.05) is 24.3 Å². The van der Waals surface area contributed by atoms with Crippen LogP contribution in [0.2, 0.25) is 0 Å². The molecule has 0 fully saturated rings. The van der Waals surface area contributed by atoms with E-state index in [1.54, 1.807) is 24.3 Å². The van der Waals surface area contributed by atoms with Gasteiger partial charge in [0, 0.05) is 12.2 Å². The lowest BCUT2D eigenvalue weighted by Crippen LogP contribution is -2.38. The van der Waals surface area contributed by atoms with E-state index in [-0.39, 0.29) is 0 Å². The molecule has 1 aliphatic rings. The largest absolute Gasteiger partial charge is 0.495 e. The van der Waals surface area contributed by atoms with Crippen LogP contribution in [0.5, 0.6) is 5.75 Å². The molecule has 0 saturated carbocycles. The van der Waals surface area contributed by atoms with Gasteiger partial charge in [-0.15, -0.1) is 0 Å². The summed E-state index contributed by atoms with van der Waals surface area (Å²) >= 11 is 0. The molecule has 118 valence electrons. The van der Waals surface area contributed by atoms with Crippen LogP contribution in [-0.2, 0) is 16.0 Å². The molecular formula is C18H18N2O3. The van der Waals surface area contributed by atoms with E-state index in [1.165, 1.54) is 12.0 Å². The zero-order chi connectivity index (χ0) is 16.4. The van der Waals surface area contributed by atoms with E-state index in [4.69, 9.17) is 4.74 Å². The average Bonchev–Trinajstić information content (AvgIpc) is 3.00. The first kappa shape index (κ1) is 15.1. The Kier molecular flexibility index (Phi) is 4.02. The Morgan fingerprint density at radius 3 is 2.70 bits per heavy atom. The summed E-state index contributed by atoms with van der Waals surface area (Å²) in [5, 5.41) is 2.63. The van der Waals surface area contributed by atoms with Crippen molar-refractivity contribution in [3.8, 4) is 5.75 Å². The zero-order valence-corrected chi connectivity index (χ0v) is 13.1. The number of nitrogens with one attached hydrogen (secondary N) is 1. The van der Waals surface area contributed by atoms with Gasteiger partial charge in [-0.05, 0) is 42.7 Å². The maximum atomic E-state index is 12.5. The maximum absolute atomic E-state index is 12.5. The molecule has 2 amide bonds. The van der Waals surface area contributed by atoms with Gasteiger partial charge in [0.25, 0.3) is 0 Å². The van der Waals surface area contributed by atoms with E-state index in [1.807, 2.05) is 25.1 Å². The molecule has 0 saturated heterocycles. The predicted octanol–water partition coefficient (Wildman–Crippen LogP) is 2.53. The number of hydrogen-bond donors (Lipinski definition) is 1. The number of rotatable bonds is 2. The van der Waals surface area contributed by atoms with Crippen LogP contribution in [0.15, 0.2) is 42.5 Å². The number of carbonyl (C=O) groups excluding carboxylic acids is 2. The lowest BCUT2D eigenvalue weighted by atomic mass is 10.1. The van der Waals surface area contributed by atoms with Crippen molar-refractivity contribution in [2.24, 2.45) is 0 Å². The third-order valence-electron chi connectivity index (χ3n) is 4.06. The second-order valence-electron chi connectivity index (χ2n) is 5.43. The van der Waals surface area contributed by atoms with E-state index in [9.17, 15) is 9.59 Å². The van der Waals surface area contributed by atoms with Crippen molar-refractivity contribution in [3.05, 3.63) is 53.6 Å². The minimum absolute atomic E-state index is 0.483. The van der Waals surface area contributed by atoms with Crippen molar-refractivity contribution in [1.29, 1.82) is 0 Å². The minimum Gasteiger partial charge on any atom is -0.495 e. The molecule has 2 aromatic carbocycles. The second-order valence-corrected chi connectivity index (χ2v) is 5.43. The van der Waals surface area contributed by atoms with Gasteiger partial charge in [0.05, 0.1) is 12.8 Å². The van der Waals surface area contributed by atoms with E-state index >= 15 is 0 Å². The zero-order valence-electron chi connectivity index (χ0n) is 13.1. The van der Waals surface area contributed by atoms with Gasteiger partial charge in [0.2, 0.25) is 0 Å². The highest BCUT2D eigenvalue weighted by atomic mass is 16.5. The van der Waals surface area contributed by atoms with Gasteiger partial charge < -0.3 is 15.0 Å². The van der Waals surface area contributed by atoms with E-state index in [0.29, 0.717) is 18.0 Å². The summed E-state index contributed by atoms with van der Waals surface area (Å²) in [5.41, 5.74) is 3.58. The molecule has 23 heavy (non-hydrogen) atoms. The topological polar surface area (TPSA) is 58.6 Å². The van der Waals surface area contributed by atoms with Crippen LogP contribution in [0.4, 0.5) is 11.4 Å². The van der Waals surface area contributed by atoms with Crippen LogP contribution in [-0.4, -0.2) is 25.5 Å². The number of para-hydroxylation sites is 2. The van der Waals surface area contributed by atoms with Crippen LogP contribution in [0.25, 0.3) is 0 Å². The van der Waals surface area contributed by atoms with E-state index in [0.717, 1.165) is 23.2 Å². The summed E-state index contributed by atoms with van der Waals surface area (Å²) in [7, 11) is 1.52. The molecule has 2 aromatic rings. The third kappa shape index (κ3) is 2.77. The highest BCUT2D eigenvalue weighted by Crippen LogP contribution is 2.30. The summed E-state index contributed by atoms with van der Waals surface area (Å²) in [5.74, 6) is -0.699. The maximum Gasteiger partial charge on any atom is 0.316 e. The molecule has 0 spiro atoms. The first-order valence-corrected chi connectivity index (χ1v) is 7.46. The molecule has 3 rings (SSSR count). The minimum atomic E-state index is -0.663. The quantitative estimate of drug-likeness (QED) is 0.867. The van der Waals surface area contributed by atoms with Crippen molar-refractivity contribution in [2.45, 2.75) is 13.3 Å². The number of hydrogen-bond acceptors (Lipinski definition) is 3. The molecule has 0 atom stereocenters. The number of anilines is 2. The van der Waals surface area contributed by atoms with Gasteiger partial charge in [-0.3, -0.25) is 9.59 Å². The summed E-state index contributed by atoms with van der Waals surface area (Å²) in [4.78, 5) is 26.3. The number of aryl methyl sites for hydroxylation is 1. The Bertz CT molecular complexity index is 771. The second kappa shape index (κ2) is 6.12. The fraction of sp³-hybridized carbons (Fsp3) is 0.222. The number of methoxy groups -OCH3 is 1. The Hall–Kier alpha value is -2.82. The fourth-order valence-corrected chi connectivity index (χ4v) is 2.87. The summed E-state index contributed by atoms with van der Waals surface area (Å²) in [6, 6.07) is 12.8. The van der Waals surface area contributed by atoms with Gasteiger partial charge in [-0.2, -0.15) is 0 Å². The number of carbonyl (C=O) groups is 2. The monoisotopic (exact) mass is 310 g/mol. The lowest BCUT2D eigenvalue weighted by Gasteiger charge is -2.17. The predicted molar refractivity (Wildman–Crippen MR) is 88.9 cm³/mol. The SMILES string of the molecule is COc1ccccc1NC(=O)C(=O)N1CCc2c(C)cccc21. The molecular weight excluding hydrogens is 292 g/mol. The molecule has 5 heteroatoms. The molecule has 0 radical (unpaired) electrons. The Balaban J connectivity index is 1.80. The first-order valence-electron chi connectivity index (χ1n) is 7.46. The number of nitrogens with zero attached hydrogens (tertiary/aromatic N) is 1. The van der Waals surface area contributed by atoms with Crippen LogP contribution in [0.1, 0.15) is 11.1 Å². The fourth-order valence-electron chi connectivity index (χ4n) is 2.87. The third-order valence-corrected chi connectivity index (χ3v) is 4.06. The summed E-state index contributed by atoms with van der Waals surface area (Å²) < 4.78 is 5.18. The van der Waals surface area contributed by atoms with Crippen molar-refractivity contribution >= 4 is 23.2 Å². The Morgan fingerprint density at radius 2 is 1.91 bits per heavy atom. The van der Waals surface area contributed by atoms with Crippen molar-refractivity contribution in [3.63, 3.8) is 0 Å². The van der Waals surface area contributed by atoms with Gasteiger partial charge in [0.1, 0.15) is 5.75 Å². The molecule has 1 heterocycles. The summed E-state index contributed by atoms with van der Waals surface area (Å²) in [6.45, 7) is 2.54. The van der Waals surface area contributed by atoms with Crippen LogP contribution in [0.3, 0.4) is 0 Å². The molecule has 0 bridgehead atoms. The number of amides is 2. The number of ether oxygens (including phenoxy) is 1. The van der Waals surface area contributed by atoms with Crippen LogP contribution < -0.4 is 15.0 Å². The van der Waals surface area contributed by atoms with Gasteiger partial charge in [-0.25, -0.2) is 0 Å². The van der Waals surface area contributed by atoms with E-state index < -0.39 is 11.8 Å². The molecule has 0 aliphatic carbocycles. The smallest absolute Gasteiger partial charge is 0.316 e. The molecule has 5 nitrogen and oxygen atoms in total. The average molecular weight is 310 g/mol. The highest BCUT2D eigenvalue weighted by Gasteiger charge is 2.30. The molecule has 0 unspecified atom stereocenters. The number of benzene rings is 2. The van der Waals surface area contributed by atoms with Gasteiger partial charge >= 0.3 is 11.8 Å². The van der Waals surface area contributed by atoms with Crippen molar-refractivity contribution < 1.29 is 14.3 Å². The standard InChI is InChI=1S/C18H18N2O3/c1-12-6-5-8-15-13(12)10-11-20(15)18(22)17(21)19-14-7-3-4-9-16(14)23-2/h3-9H,10-11H2,1-2H3,(H,19,21). The Morgan fingerprint density at radius 1 is 1.13 bits per heavy atom. The van der Waals surface area contributed by atoms with E-state index in [2.05, 4.69) is 5.32 Å². The van der Waals surface area contributed by atoms with Crippen molar-refractivity contribution in [2.75, 3.05) is 23.9 Å². The van der Waals surface area contributed by atoms with Crippen LogP contribution in [0, 0.1) is 6.92 Å². The Labute approximate surface area is 134 Å². The van der Waals surface area contributed by atoms with Crippen LogP contribution >= 0.6 is 0 Å². The first-order chi connectivity index (χ1) is 11.1. The highest BCUT2D eigenvalue weighted by molar-refractivity contribution is 6.44. The number of fused-ring (bicyclic) bond motifs is 1. The normalized spacial score (nSPS) is 12.7. The molecule has 1 N–H and O–H groups in total.